The molecule has 0 saturated heterocycles. The van der Waals surface area contributed by atoms with Crippen LogP contribution < -0.4 is 0 Å². The lowest BCUT2D eigenvalue weighted by atomic mass is 10.0. The first-order valence-corrected chi connectivity index (χ1v) is 7.52. The molecule has 1 aliphatic rings. The summed E-state index contributed by atoms with van der Waals surface area (Å²) in [6.45, 7) is 2.11. The zero-order chi connectivity index (χ0) is 14.4. The summed E-state index contributed by atoms with van der Waals surface area (Å²) in [7, 11) is 2.69. The van der Waals surface area contributed by atoms with Gasteiger partial charge in [0.25, 0.3) is 0 Å². The van der Waals surface area contributed by atoms with Gasteiger partial charge >= 0.3 is 0 Å². The molecule has 106 valence electrons. The minimum atomic E-state index is -0.218. The largest absolute Gasteiger partial charge is 0.486 e. The van der Waals surface area contributed by atoms with Gasteiger partial charge in [0.2, 0.25) is 0 Å². The zero-order valence-corrected chi connectivity index (χ0v) is 12.8. The molecular weight excluding hydrogens is 270 g/mol. The highest BCUT2D eigenvalue weighted by atomic mass is 31.0. The molecule has 1 aromatic carbocycles. The molecule has 2 unspecified atom stereocenters. The second-order valence-electron chi connectivity index (χ2n) is 4.84. The molecule has 2 rings (SSSR count). The molecule has 0 radical (unpaired) electrons. The molecule has 20 heavy (non-hydrogen) atoms. The Hall–Kier alpha value is -1.40. The van der Waals surface area contributed by atoms with Crippen LogP contribution in [0.25, 0.3) is 0 Å². The minimum absolute atomic E-state index is 0.109. The number of allylic oxidation sites excluding steroid dienone is 5. The van der Waals surface area contributed by atoms with Gasteiger partial charge in [-0.1, -0.05) is 37.6 Å². The average molecular weight is 290 g/mol. The summed E-state index contributed by atoms with van der Waals surface area (Å²) >= 11 is 0. The van der Waals surface area contributed by atoms with Crippen molar-refractivity contribution in [3.05, 3.63) is 71.0 Å². The van der Waals surface area contributed by atoms with Crippen molar-refractivity contribution in [1.82, 2.24) is 0 Å². The number of ether oxygens (including phenoxy) is 1. The quantitative estimate of drug-likeness (QED) is 0.670. The number of hydrogen-bond donors (Lipinski definition) is 0. The van der Waals surface area contributed by atoms with E-state index in [-0.39, 0.29) is 11.9 Å². The number of hydrogen-bond acceptors (Lipinski definition) is 1. The normalized spacial score (nSPS) is 16.1. The van der Waals surface area contributed by atoms with Crippen LogP contribution in [0.15, 0.2) is 59.6 Å². The summed E-state index contributed by atoms with van der Waals surface area (Å²) in [5.41, 5.74) is 0.889. The standard InChI is InChI=1S/C17H20FOP/c1-2-6-17(13-7-5-8-14(18)11-13)19-15-9-3-4-10-16(20)12-15/h3,5,7-12,17H,2,4,6,20H2,1H3. The third kappa shape index (κ3) is 4.31. The third-order valence-electron chi connectivity index (χ3n) is 3.13. The van der Waals surface area contributed by atoms with E-state index in [2.05, 4.69) is 28.3 Å². The van der Waals surface area contributed by atoms with E-state index in [1.54, 1.807) is 12.1 Å². The fraction of sp³-hybridized carbons (Fsp3) is 0.294. The number of halogens is 1. The Bertz CT molecular complexity index is 546. The molecule has 0 aromatic heterocycles. The molecule has 0 heterocycles. The van der Waals surface area contributed by atoms with E-state index in [1.807, 2.05) is 18.2 Å². The van der Waals surface area contributed by atoms with Gasteiger partial charge in [0.15, 0.2) is 0 Å². The molecule has 0 spiro atoms. The van der Waals surface area contributed by atoms with Crippen molar-refractivity contribution < 1.29 is 9.13 Å². The smallest absolute Gasteiger partial charge is 0.124 e. The molecule has 0 bridgehead atoms. The van der Waals surface area contributed by atoms with Gasteiger partial charge in [-0.05, 0) is 48.0 Å². The van der Waals surface area contributed by atoms with Gasteiger partial charge in [-0.25, -0.2) is 4.39 Å². The van der Waals surface area contributed by atoms with Crippen LogP contribution in [0, 0.1) is 5.82 Å². The van der Waals surface area contributed by atoms with Crippen molar-refractivity contribution in [2.75, 3.05) is 0 Å². The van der Waals surface area contributed by atoms with Crippen molar-refractivity contribution in [2.45, 2.75) is 32.3 Å². The Morgan fingerprint density at radius 3 is 3.00 bits per heavy atom. The van der Waals surface area contributed by atoms with Gasteiger partial charge in [-0.15, -0.1) is 9.24 Å². The predicted molar refractivity (Wildman–Crippen MR) is 84.8 cm³/mol. The van der Waals surface area contributed by atoms with Gasteiger partial charge in [0.05, 0.1) is 0 Å². The fourth-order valence-electron chi connectivity index (χ4n) is 2.16. The van der Waals surface area contributed by atoms with Crippen molar-refractivity contribution >= 4 is 9.24 Å². The van der Waals surface area contributed by atoms with Crippen LogP contribution >= 0.6 is 9.24 Å². The molecule has 1 nitrogen and oxygen atoms in total. The van der Waals surface area contributed by atoms with Crippen LogP contribution in [0.2, 0.25) is 0 Å². The zero-order valence-electron chi connectivity index (χ0n) is 11.7. The molecule has 0 aliphatic heterocycles. The second-order valence-corrected chi connectivity index (χ2v) is 5.51. The molecule has 0 saturated carbocycles. The van der Waals surface area contributed by atoms with E-state index in [0.29, 0.717) is 0 Å². The van der Waals surface area contributed by atoms with Gasteiger partial charge in [-0.3, -0.25) is 0 Å². The monoisotopic (exact) mass is 290 g/mol. The second kappa shape index (κ2) is 7.40. The molecule has 0 N–H and O–H groups in total. The van der Waals surface area contributed by atoms with Crippen molar-refractivity contribution in [2.24, 2.45) is 0 Å². The predicted octanol–water partition coefficient (Wildman–Crippen LogP) is 5.29. The first kappa shape index (κ1) is 15.0. The number of benzene rings is 1. The third-order valence-corrected chi connectivity index (χ3v) is 3.53. The summed E-state index contributed by atoms with van der Waals surface area (Å²) in [6.07, 6.45) is 10.8. The maximum absolute atomic E-state index is 13.4. The maximum atomic E-state index is 13.4. The van der Waals surface area contributed by atoms with Crippen LogP contribution in [-0.2, 0) is 4.74 Å². The molecule has 0 amide bonds. The Balaban J connectivity index is 2.19. The lowest BCUT2D eigenvalue weighted by Crippen LogP contribution is -2.04. The highest BCUT2D eigenvalue weighted by Gasteiger charge is 2.14. The summed E-state index contributed by atoms with van der Waals surface area (Å²) < 4.78 is 19.5. The van der Waals surface area contributed by atoms with E-state index < -0.39 is 0 Å². The van der Waals surface area contributed by atoms with Crippen molar-refractivity contribution in [3.63, 3.8) is 0 Å². The van der Waals surface area contributed by atoms with E-state index in [1.165, 1.54) is 6.07 Å². The molecule has 0 fully saturated rings. The van der Waals surface area contributed by atoms with Crippen LogP contribution in [0.5, 0.6) is 0 Å². The summed E-state index contributed by atoms with van der Waals surface area (Å²) in [5, 5.41) is 1.11. The SMILES string of the molecule is CCCC(OC1=CC(P)=CCC=C1)c1cccc(F)c1. The number of rotatable bonds is 5. The van der Waals surface area contributed by atoms with E-state index >= 15 is 0 Å². The average Bonchev–Trinajstić information content (AvgIpc) is 2.62. The Morgan fingerprint density at radius 1 is 1.40 bits per heavy atom. The molecule has 1 aliphatic carbocycles. The first-order valence-electron chi connectivity index (χ1n) is 6.95. The lowest BCUT2D eigenvalue weighted by molar-refractivity contribution is 0.117. The summed E-state index contributed by atoms with van der Waals surface area (Å²) in [5.74, 6) is 0.607. The van der Waals surface area contributed by atoms with Crippen molar-refractivity contribution in [1.29, 1.82) is 0 Å². The van der Waals surface area contributed by atoms with E-state index in [9.17, 15) is 4.39 Å². The summed E-state index contributed by atoms with van der Waals surface area (Å²) in [4.78, 5) is 0. The lowest BCUT2D eigenvalue weighted by Gasteiger charge is -2.20. The van der Waals surface area contributed by atoms with Gasteiger partial charge in [-0.2, -0.15) is 0 Å². The maximum Gasteiger partial charge on any atom is 0.124 e. The highest BCUT2D eigenvalue weighted by molar-refractivity contribution is 7.22. The highest BCUT2D eigenvalue weighted by Crippen LogP contribution is 2.28. The fourth-order valence-corrected chi connectivity index (χ4v) is 2.46. The Labute approximate surface area is 122 Å². The van der Waals surface area contributed by atoms with E-state index in [4.69, 9.17) is 4.74 Å². The minimum Gasteiger partial charge on any atom is -0.486 e. The van der Waals surface area contributed by atoms with Crippen molar-refractivity contribution in [3.8, 4) is 0 Å². The topological polar surface area (TPSA) is 9.23 Å². The summed E-state index contributed by atoms with van der Waals surface area (Å²) in [6, 6.07) is 6.66. The van der Waals surface area contributed by atoms with Crippen LogP contribution in [0.1, 0.15) is 37.9 Å². The van der Waals surface area contributed by atoms with Crippen LogP contribution in [0.3, 0.4) is 0 Å². The Kier molecular flexibility index (Phi) is 5.55. The Morgan fingerprint density at radius 2 is 2.25 bits per heavy atom. The van der Waals surface area contributed by atoms with Crippen LogP contribution in [0.4, 0.5) is 4.39 Å². The van der Waals surface area contributed by atoms with Gasteiger partial charge in [0.1, 0.15) is 17.7 Å². The first-order chi connectivity index (χ1) is 9.69. The van der Waals surface area contributed by atoms with Crippen LogP contribution in [-0.4, -0.2) is 0 Å². The molecule has 3 heteroatoms. The van der Waals surface area contributed by atoms with Gasteiger partial charge < -0.3 is 4.74 Å². The van der Waals surface area contributed by atoms with E-state index in [0.717, 1.165) is 35.9 Å². The molecule has 1 aromatic rings. The molecular formula is C17H20FOP. The van der Waals surface area contributed by atoms with Gasteiger partial charge in [0, 0.05) is 0 Å². The molecule has 2 atom stereocenters.